The molecule has 21 heavy (non-hydrogen) atoms. The molecule has 2 heterocycles. The van der Waals surface area contributed by atoms with E-state index in [9.17, 15) is 19.6 Å². The first-order valence-corrected chi connectivity index (χ1v) is 6.56. The zero-order valence-electron chi connectivity index (χ0n) is 11.9. The van der Waals surface area contributed by atoms with E-state index in [1.165, 1.54) is 18.7 Å². The number of hydrogen-bond donors (Lipinski definition) is 1. The molecule has 0 aliphatic carbocycles. The average Bonchev–Trinajstić information content (AvgIpc) is 2.48. The normalized spacial score (nSPS) is 18.3. The molecule has 1 unspecified atom stereocenters. The van der Waals surface area contributed by atoms with Crippen LogP contribution in [0.15, 0.2) is 9.59 Å². The fourth-order valence-electron chi connectivity index (χ4n) is 2.67. The largest absolute Gasteiger partial charge is 0.481 e. The molecule has 1 saturated heterocycles. The SMILES string of the molecule is Cn1c(N2CCCC(C(=O)O)C2)c(C#N)c(=O)n(C)c1=O. The van der Waals surface area contributed by atoms with Crippen molar-refractivity contribution in [3.8, 4) is 6.07 Å². The second-order valence-electron chi connectivity index (χ2n) is 5.14. The highest BCUT2D eigenvalue weighted by Crippen LogP contribution is 2.23. The van der Waals surface area contributed by atoms with E-state index < -0.39 is 23.1 Å². The standard InChI is InChI=1S/C13H16N4O4/c1-15-10(9(6-14)11(18)16(2)13(15)21)17-5-3-4-8(7-17)12(19)20/h8H,3-5,7H2,1-2H3,(H,19,20). The molecule has 0 aromatic carbocycles. The molecule has 0 spiro atoms. The minimum absolute atomic E-state index is 0.134. The number of hydrogen-bond acceptors (Lipinski definition) is 5. The van der Waals surface area contributed by atoms with Crippen molar-refractivity contribution >= 4 is 11.8 Å². The monoisotopic (exact) mass is 292 g/mol. The maximum Gasteiger partial charge on any atom is 0.332 e. The fraction of sp³-hybridized carbons (Fsp3) is 0.538. The molecule has 1 atom stereocenters. The van der Waals surface area contributed by atoms with E-state index in [1.54, 1.807) is 4.90 Å². The van der Waals surface area contributed by atoms with Gasteiger partial charge in [0.25, 0.3) is 5.56 Å². The van der Waals surface area contributed by atoms with Crippen molar-refractivity contribution in [3.05, 3.63) is 26.4 Å². The van der Waals surface area contributed by atoms with Crippen LogP contribution >= 0.6 is 0 Å². The number of rotatable bonds is 2. The summed E-state index contributed by atoms with van der Waals surface area (Å²) in [4.78, 5) is 36.8. The van der Waals surface area contributed by atoms with Crippen LogP contribution < -0.4 is 16.1 Å². The summed E-state index contributed by atoms with van der Waals surface area (Å²) in [6.07, 6.45) is 1.18. The van der Waals surface area contributed by atoms with Gasteiger partial charge in [0.1, 0.15) is 11.9 Å². The highest BCUT2D eigenvalue weighted by Gasteiger charge is 2.29. The van der Waals surface area contributed by atoms with Crippen LogP contribution in [0.4, 0.5) is 5.82 Å². The van der Waals surface area contributed by atoms with Crippen molar-refractivity contribution < 1.29 is 9.90 Å². The van der Waals surface area contributed by atoms with Gasteiger partial charge in [0, 0.05) is 27.2 Å². The van der Waals surface area contributed by atoms with E-state index in [1.807, 2.05) is 6.07 Å². The Morgan fingerprint density at radius 1 is 1.33 bits per heavy atom. The van der Waals surface area contributed by atoms with Crippen molar-refractivity contribution in [3.63, 3.8) is 0 Å². The molecule has 2 rings (SSSR count). The summed E-state index contributed by atoms with van der Waals surface area (Å²) in [5, 5.41) is 18.3. The summed E-state index contributed by atoms with van der Waals surface area (Å²) in [5.41, 5.74) is -1.33. The number of carbonyl (C=O) groups is 1. The van der Waals surface area contributed by atoms with Gasteiger partial charge in [-0.25, -0.2) is 4.79 Å². The summed E-state index contributed by atoms with van der Waals surface area (Å²) in [5.74, 6) is -1.27. The second kappa shape index (κ2) is 5.44. The minimum atomic E-state index is -0.910. The first kappa shape index (κ1) is 14.8. The minimum Gasteiger partial charge on any atom is -0.481 e. The Balaban J connectivity index is 2.59. The maximum absolute atomic E-state index is 12.0. The first-order valence-electron chi connectivity index (χ1n) is 6.56. The molecule has 0 amide bonds. The van der Waals surface area contributed by atoms with Crippen molar-refractivity contribution in [1.29, 1.82) is 5.26 Å². The molecule has 0 bridgehead atoms. The molecule has 1 aromatic heterocycles. The number of carboxylic acid groups (broad SMARTS) is 1. The van der Waals surface area contributed by atoms with Crippen LogP contribution in [0.3, 0.4) is 0 Å². The molecule has 0 radical (unpaired) electrons. The Morgan fingerprint density at radius 3 is 2.57 bits per heavy atom. The van der Waals surface area contributed by atoms with Crippen molar-refractivity contribution in [2.45, 2.75) is 12.8 Å². The van der Waals surface area contributed by atoms with Gasteiger partial charge < -0.3 is 10.0 Å². The molecule has 1 N–H and O–H groups in total. The Hall–Kier alpha value is -2.56. The maximum atomic E-state index is 12.0. The third-order valence-corrected chi connectivity index (χ3v) is 3.82. The van der Waals surface area contributed by atoms with Crippen LogP contribution in [0.25, 0.3) is 0 Å². The molecule has 0 saturated carbocycles. The third-order valence-electron chi connectivity index (χ3n) is 3.82. The van der Waals surface area contributed by atoms with Crippen LogP contribution in [-0.2, 0) is 18.9 Å². The molecule has 8 heteroatoms. The van der Waals surface area contributed by atoms with E-state index in [0.717, 1.165) is 4.57 Å². The summed E-state index contributed by atoms with van der Waals surface area (Å²) in [6, 6.07) is 1.83. The summed E-state index contributed by atoms with van der Waals surface area (Å²) in [7, 11) is 2.79. The van der Waals surface area contributed by atoms with E-state index >= 15 is 0 Å². The molecule has 1 aliphatic heterocycles. The lowest BCUT2D eigenvalue weighted by Gasteiger charge is -2.33. The van der Waals surface area contributed by atoms with E-state index in [2.05, 4.69) is 0 Å². The van der Waals surface area contributed by atoms with Crippen molar-refractivity contribution in [2.24, 2.45) is 20.0 Å². The molecule has 112 valence electrons. The van der Waals surface area contributed by atoms with E-state index in [-0.39, 0.29) is 17.9 Å². The molecule has 1 fully saturated rings. The van der Waals surface area contributed by atoms with Crippen LogP contribution in [0, 0.1) is 17.2 Å². The van der Waals surface area contributed by atoms with Gasteiger partial charge in [-0.2, -0.15) is 5.26 Å². The zero-order valence-corrected chi connectivity index (χ0v) is 11.9. The fourth-order valence-corrected chi connectivity index (χ4v) is 2.67. The molecule has 8 nitrogen and oxygen atoms in total. The van der Waals surface area contributed by atoms with Crippen LogP contribution in [0.5, 0.6) is 0 Å². The van der Waals surface area contributed by atoms with E-state index in [4.69, 9.17) is 5.11 Å². The lowest BCUT2D eigenvalue weighted by molar-refractivity contribution is -0.141. The van der Waals surface area contributed by atoms with Crippen LogP contribution in [0.1, 0.15) is 18.4 Å². The van der Waals surface area contributed by atoms with Gasteiger partial charge in [-0.15, -0.1) is 0 Å². The topological polar surface area (TPSA) is 108 Å². The Labute approximate surface area is 120 Å². The Bertz CT molecular complexity index is 740. The van der Waals surface area contributed by atoms with Gasteiger partial charge in [0.2, 0.25) is 0 Å². The molecular weight excluding hydrogens is 276 g/mol. The first-order chi connectivity index (χ1) is 9.88. The van der Waals surface area contributed by atoms with Gasteiger partial charge in [-0.1, -0.05) is 0 Å². The van der Waals surface area contributed by atoms with Crippen LogP contribution in [-0.4, -0.2) is 33.3 Å². The molecule has 1 aliphatic rings. The number of aliphatic carboxylic acids is 1. The summed E-state index contributed by atoms with van der Waals surface area (Å²) < 4.78 is 2.10. The predicted molar refractivity (Wildman–Crippen MR) is 74.2 cm³/mol. The summed E-state index contributed by atoms with van der Waals surface area (Å²) >= 11 is 0. The Morgan fingerprint density at radius 2 is 2.00 bits per heavy atom. The number of anilines is 1. The van der Waals surface area contributed by atoms with Crippen molar-refractivity contribution in [2.75, 3.05) is 18.0 Å². The zero-order chi connectivity index (χ0) is 15.7. The van der Waals surface area contributed by atoms with Gasteiger partial charge in [0.05, 0.1) is 5.92 Å². The predicted octanol–water partition coefficient (Wildman–Crippen LogP) is -0.743. The highest BCUT2D eigenvalue weighted by molar-refractivity contribution is 5.71. The molecule has 1 aromatic rings. The number of nitriles is 1. The highest BCUT2D eigenvalue weighted by atomic mass is 16.4. The quantitative estimate of drug-likeness (QED) is 0.769. The number of piperidine rings is 1. The smallest absolute Gasteiger partial charge is 0.332 e. The van der Waals surface area contributed by atoms with Gasteiger partial charge in [-0.05, 0) is 12.8 Å². The van der Waals surface area contributed by atoms with Crippen LogP contribution in [0.2, 0.25) is 0 Å². The van der Waals surface area contributed by atoms with Crippen molar-refractivity contribution in [1.82, 2.24) is 9.13 Å². The van der Waals surface area contributed by atoms with Gasteiger partial charge >= 0.3 is 11.7 Å². The Kier molecular flexibility index (Phi) is 3.84. The van der Waals surface area contributed by atoms with Gasteiger partial charge in [-0.3, -0.25) is 18.7 Å². The number of carboxylic acids is 1. The van der Waals surface area contributed by atoms with E-state index in [0.29, 0.717) is 19.4 Å². The summed E-state index contributed by atoms with van der Waals surface area (Å²) in [6.45, 7) is 0.698. The lowest BCUT2D eigenvalue weighted by Crippen LogP contribution is -2.46. The number of aromatic nitrogens is 2. The van der Waals surface area contributed by atoms with Gasteiger partial charge in [0.15, 0.2) is 5.56 Å². The third kappa shape index (κ3) is 2.42. The number of nitrogens with zero attached hydrogens (tertiary/aromatic N) is 4. The molecular formula is C13H16N4O4. The second-order valence-corrected chi connectivity index (χ2v) is 5.14. The average molecular weight is 292 g/mol. The lowest BCUT2D eigenvalue weighted by atomic mass is 9.98.